The van der Waals surface area contributed by atoms with E-state index < -0.39 is 0 Å². The zero-order chi connectivity index (χ0) is 8.10. The molecule has 1 fully saturated rings. The second-order valence-electron chi connectivity index (χ2n) is 3.30. The smallest absolute Gasteiger partial charge is 0.0478 e. The molecular weight excluding hydrogens is 138 g/mol. The summed E-state index contributed by atoms with van der Waals surface area (Å²) in [7, 11) is 2.00. The standard InChI is InChI=1S/C8H19N3/c1-8-6-11(7-9-2)5-3-4-10-8/h8-10H,3-7H2,1-2H3. The number of rotatable bonds is 2. The van der Waals surface area contributed by atoms with Crippen molar-refractivity contribution < 1.29 is 0 Å². The van der Waals surface area contributed by atoms with Gasteiger partial charge in [-0.1, -0.05) is 0 Å². The highest BCUT2D eigenvalue weighted by Crippen LogP contribution is 1.97. The summed E-state index contributed by atoms with van der Waals surface area (Å²) in [5.41, 5.74) is 0. The lowest BCUT2D eigenvalue weighted by Gasteiger charge is -2.21. The second-order valence-corrected chi connectivity index (χ2v) is 3.30. The van der Waals surface area contributed by atoms with E-state index >= 15 is 0 Å². The van der Waals surface area contributed by atoms with E-state index in [0.717, 1.165) is 6.67 Å². The van der Waals surface area contributed by atoms with Crippen LogP contribution in [0.25, 0.3) is 0 Å². The van der Waals surface area contributed by atoms with Gasteiger partial charge in [0.05, 0.1) is 0 Å². The Kier molecular flexibility index (Phi) is 3.83. The monoisotopic (exact) mass is 157 g/mol. The first kappa shape index (κ1) is 8.97. The quantitative estimate of drug-likeness (QED) is 0.583. The van der Waals surface area contributed by atoms with Crippen LogP contribution in [-0.2, 0) is 0 Å². The zero-order valence-corrected chi connectivity index (χ0v) is 7.56. The summed E-state index contributed by atoms with van der Waals surface area (Å²) < 4.78 is 0. The van der Waals surface area contributed by atoms with E-state index in [4.69, 9.17) is 0 Å². The summed E-state index contributed by atoms with van der Waals surface area (Å²) in [6.07, 6.45) is 1.27. The third kappa shape index (κ3) is 3.18. The fraction of sp³-hybridized carbons (Fsp3) is 1.00. The third-order valence-corrected chi connectivity index (χ3v) is 2.06. The van der Waals surface area contributed by atoms with E-state index in [0.29, 0.717) is 6.04 Å². The van der Waals surface area contributed by atoms with Gasteiger partial charge in [0.2, 0.25) is 0 Å². The van der Waals surface area contributed by atoms with Crippen molar-refractivity contribution in [3.63, 3.8) is 0 Å². The van der Waals surface area contributed by atoms with Gasteiger partial charge in [0.15, 0.2) is 0 Å². The van der Waals surface area contributed by atoms with Gasteiger partial charge >= 0.3 is 0 Å². The molecule has 0 amide bonds. The fourth-order valence-corrected chi connectivity index (χ4v) is 1.56. The molecule has 0 aromatic rings. The van der Waals surface area contributed by atoms with Crippen molar-refractivity contribution in [3.05, 3.63) is 0 Å². The minimum absolute atomic E-state index is 0.644. The predicted octanol–water partition coefficient (Wildman–Crippen LogP) is -0.153. The van der Waals surface area contributed by atoms with Gasteiger partial charge in [-0.2, -0.15) is 0 Å². The van der Waals surface area contributed by atoms with E-state index in [-0.39, 0.29) is 0 Å². The first-order valence-electron chi connectivity index (χ1n) is 4.43. The Labute approximate surface area is 69.1 Å². The van der Waals surface area contributed by atoms with Gasteiger partial charge in [-0.05, 0) is 26.9 Å². The maximum Gasteiger partial charge on any atom is 0.0478 e. The van der Waals surface area contributed by atoms with E-state index in [9.17, 15) is 0 Å². The van der Waals surface area contributed by atoms with Gasteiger partial charge in [-0.25, -0.2) is 0 Å². The summed E-state index contributed by atoms with van der Waals surface area (Å²) in [6, 6.07) is 0.644. The Bertz CT molecular complexity index is 106. The number of nitrogens with zero attached hydrogens (tertiary/aromatic N) is 1. The lowest BCUT2D eigenvalue weighted by Crippen LogP contribution is -2.39. The normalized spacial score (nSPS) is 28.4. The zero-order valence-electron chi connectivity index (χ0n) is 7.56. The Hall–Kier alpha value is -0.120. The molecule has 1 aliphatic rings. The summed E-state index contributed by atoms with van der Waals surface area (Å²) in [4.78, 5) is 2.45. The molecule has 66 valence electrons. The molecule has 1 heterocycles. The molecule has 0 radical (unpaired) electrons. The molecule has 1 saturated heterocycles. The van der Waals surface area contributed by atoms with Gasteiger partial charge in [0.25, 0.3) is 0 Å². The van der Waals surface area contributed by atoms with Crippen molar-refractivity contribution in [2.45, 2.75) is 19.4 Å². The van der Waals surface area contributed by atoms with E-state index in [2.05, 4.69) is 22.5 Å². The van der Waals surface area contributed by atoms with Crippen LogP contribution in [0.1, 0.15) is 13.3 Å². The molecule has 1 unspecified atom stereocenters. The van der Waals surface area contributed by atoms with Gasteiger partial charge in [0.1, 0.15) is 0 Å². The molecule has 1 atom stereocenters. The van der Waals surface area contributed by atoms with Crippen LogP contribution < -0.4 is 10.6 Å². The van der Waals surface area contributed by atoms with Gasteiger partial charge in [-0.15, -0.1) is 0 Å². The van der Waals surface area contributed by atoms with Crippen LogP contribution in [0, 0.1) is 0 Å². The molecule has 2 N–H and O–H groups in total. The van der Waals surface area contributed by atoms with E-state index in [1.165, 1.54) is 26.1 Å². The Balaban J connectivity index is 2.27. The molecular formula is C8H19N3. The molecule has 0 bridgehead atoms. The van der Waals surface area contributed by atoms with Crippen molar-refractivity contribution >= 4 is 0 Å². The van der Waals surface area contributed by atoms with Crippen LogP contribution in [0.4, 0.5) is 0 Å². The van der Waals surface area contributed by atoms with Crippen LogP contribution in [0.5, 0.6) is 0 Å². The van der Waals surface area contributed by atoms with Crippen LogP contribution in [0.2, 0.25) is 0 Å². The summed E-state index contributed by atoms with van der Waals surface area (Å²) in [5.74, 6) is 0. The molecule has 1 rings (SSSR count). The molecule has 0 aromatic heterocycles. The molecule has 3 nitrogen and oxygen atoms in total. The highest BCUT2D eigenvalue weighted by atomic mass is 15.2. The largest absolute Gasteiger partial charge is 0.313 e. The highest BCUT2D eigenvalue weighted by Gasteiger charge is 2.11. The Morgan fingerprint density at radius 1 is 1.64 bits per heavy atom. The van der Waals surface area contributed by atoms with Crippen LogP contribution in [-0.4, -0.2) is 44.3 Å². The van der Waals surface area contributed by atoms with Crippen molar-refractivity contribution in [1.29, 1.82) is 0 Å². The molecule has 0 aromatic carbocycles. The van der Waals surface area contributed by atoms with Crippen molar-refractivity contribution in [3.8, 4) is 0 Å². The van der Waals surface area contributed by atoms with Crippen molar-refractivity contribution in [1.82, 2.24) is 15.5 Å². The number of nitrogens with one attached hydrogen (secondary N) is 2. The van der Waals surface area contributed by atoms with Crippen LogP contribution in [0.3, 0.4) is 0 Å². The van der Waals surface area contributed by atoms with Crippen molar-refractivity contribution in [2.24, 2.45) is 0 Å². The SMILES string of the molecule is CNCN1CCCNC(C)C1. The van der Waals surface area contributed by atoms with Crippen LogP contribution >= 0.6 is 0 Å². The average molecular weight is 157 g/mol. The minimum Gasteiger partial charge on any atom is -0.313 e. The highest BCUT2D eigenvalue weighted by molar-refractivity contribution is 4.71. The molecule has 0 spiro atoms. The lowest BCUT2D eigenvalue weighted by atomic mass is 10.3. The van der Waals surface area contributed by atoms with Crippen molar-refractivity contribution in [2.75, 3.05) is 33.4 Å². The first-order chi connectivity index (χ1) is 5.33. The van der Waals surface area contributed by atoms with Gasteiger partial charge in [-0.3, -0.25) is 4.90 Å². The Morgan fingerprint density at radius 2 is 2.45 bits per heavy atom. The number of hydrogen-bond acceptors (Lipinski definition) is 3. The average Bonchev–Trinajstić information content (AvgIpc) is 2.15. The maximum absolute atomic E-state index is 3.46. The maximum atomic E-state index is 3.46. The topological polar surface area (TPSA) is 27.3 Å². The molecule has 3 heteroatoms. The van der Waals surface area contributed by atoms with E-state index in [1.807, 2.05) is 7.05 Å². The summed E-state index contributed by atoms with van der Waals surface area (Å²) in [5, 5.41) is 6.65. The first-order valence-corrected chi connectivity index (χ1v) is 4.43. The summed E-state index contributed by atoms with van der Waals surface area (Å²) in [6.45, 7) is 6.82. The lowest BCUT2D eigenvalue weighted by molar-refractivity contribution is 0.260. The van der Waals surface area contributed by atoms with Gasteiger partial charge in [0, 0.05) is 25.8 Å². The predicted molar refractivity (Wildman–Crippen MR) is 47.6 cm³/mol. The number of hydrogen-bond donors (Lipinski definition) is 2. The minimum atomic E-state index is 0.644. The second kappa shape index (κ2) is 4.70. The fourth-order valence-electron chi connectivity index (χ4n) is 1.56. The molecule has 1 aliphatic heterocycles. The third-order valence-electron chi connectivity index (χ3n) is 2.06. The molecule has 0 saturated carbocycles. The van der Waals surface area contributed by atoms with E-state index in [1.54, 1.807) is 0 Å². The Morgan fingerprint density at radius 3 is 3.18 bits per heavy atom. The molecule has 0 aliphatic carbocycles. The van der Waals surface area contributed by atoms with Gasteiger partial charge < -0.3 is 10.6 Å². The molecule has 11 heavy (non-hydrogen) atoms. The summed E-state index contributed by atoms with van der Waals surface area (Å²) >= 11 is 0. The van der Waals surface area contributed by atoms with Crippen LogP contribution in [0.15, 0.2) is 0 Å².